The highest BCUT2D eigenvalue weighted by Gasteiger charge is 2.23. The van der Waals surface area contributed by atoms with Gasteiger partial charge in [0.2, 0.25) is 5.82 Å². The second kappa shape index (κ2) is 6.75. The van der Waals surface area contributed by atoms with Gasteiger partial charge < -0.3 is 15.6 Å². The maximum absolute atomic E-state index is 11.9. The Morgan fingerprint density at radius 2 is 1.78 bits per heavy atom. The third-order valence-corrected chi connectivity index (χ3v) is 4.28. The molecule has 3 aromatic rings. The number of hydrogen-bond donors (Lipinski definition) is 2. The molecule has 0 saturated carbocycles. The highest BCUT2D eigenvalue weighted by molar-refractivity contribution is 5.90. The Bertz CT molecular complexity index is 985. The van der Waals surface area contributed by atoms with Crippen LogP contribution in [-0.2, 0) is 5.41 Å². The standard InChI is InChI=1S/C20H22N4O3/c1-20(2,3)15-11-12(5-10-16(15)25)18-22-23-19(17(21)26)24(18)13-6-8-14(27-4)9-7-13/h5-11,25H,1-4H3,(H2,21,26). The first-order chi connectivity index (χ1) is 12.7. The number of nitrogens with zero attached hydrogens (tertiary/aromatic N) is 3. The molecule has 1 aromatic heterocycles. The van der Waals surface area contributed by atoms with Gasteiger partial charge in [-0.2, -0.15) is 0 Å². The molecule has 0 bridgehead atoms. The van der Waals surface area contributed by atoms with Gasteiger partial charge in [0.25, 0.3) is 5.91 Å². The van der Waals surface area contributed by atoms with Crippen LogP contribution in [0.25, 0.3) is 17.1 Å². The second-order valence-electron chi connectivity index (χ2n) is 7.23. The van der Waals surface area contributed by atoms with Gasteiger partial charge in [0.05, 0.1) is 7.11 Å². The van der Waals surface area contributed by atoms with Crippen LogP contribution in [0.5, 0.6) is 11.5 Å². The Morgan fingerprint density at radius 3 is 2.33 bits per heavy atom. The zero-order valence-electron chi connectivity index (χ0n) is 15.7. The first-order valence-corrected chi connectivity index (χ1v) is 8.46. The number of nitrogens with two attached hydrogens (primary N) is 1. The Balaban J connectivity index is 2.21. The average Bonchev–Trinajstić information content (AvgIpc) is 3.06. The van der Waals surface area contributed by atoms with Crippen molar-refractivity contribution in [1.29, 1.82) is 0 Å². The van der Waals surface area contributed by atoms with E-state index in [1.807, 2.05) is 26.8 Å². The van der Waals surface area contributed by atoms with Gasteiger partial charge in [-0.1, -0.05) is 20.8 Å². The Kier molecular flexibility index (Phi) is 4.61. The van der Waals surface area contributed by atoms with E-state index in [0.29, 0.717) is 22.8 Å². The normalized spacial score (nSPS) is 11.4. The van der Waals surface area contributed by atoms with E-state index in [1.54, 1.807) is 48.1 Å². The van der Waals surface area contributed by atoms with Gasteiger partial charge in [0, 0.05) is 11.3 Å². The maximum Gasteiger partial charge on any atom is 0.287 e. The smallest absolute Gasteiger partial charge is 0.287 e. The van der Waals surface area contributed by atoms with Crippen LogP contribution < -0.4 is 10.5 Å². The molecule has 140 valence electrons. The lowest BCUT2D eigenvalue weighted by molar-refractivity contribution is 0.0988. The Hall–Kier alpha value is -3.35. The summed E-state index contributed by atoms with van der Waals surface area (Å²) in [4.78, 5) is 11.9. The summed E-state index contributed by atoms with van der Waals surface area (Å²) in [5.74, 6) is 0.699. The van der Waals surface area contributed by atoms with E-state index < -0.39 is 5.91 Å². The van der Waals surface area contributed by atoms with Crippen LogP contribution in [0.15, 0.2) is 42.5 Å². The van der Waals surface area contributed by atoms with Crippen molar-refractivity contribution in [3.63, 3.8) is 0 Å². The van der Waals surface area contributed by atoms with Gasteiger partial charge in [-0.25, -0.2) is 0 Å². The SMILES string of the molecule is COc1ccc(-n2c(C(N)=O)nnc2-c2ccc(O)c(C(C)(C)C)c2)cc1. The number of primary amides is 1. The molecule has 0 unspecified atom stereocenters. The summed E-state index contributed by atoms with van der Waals surface area (Å²) in [5.41, 5.74) is 7.39. The zero-order valence-corrected chi connectivity index (χ0v) is 15.7. The van der Waals surface area contributed by atoms with Crippen molar-refractivity contribution in [3.8, 4) is 28.6 Å². The first-order valence-electron chi connectivity index (χ1n) is 8.46. The molecule has 7 heteroatoms. The predicted octanol–water partition coefficient (Wildman–Crippen LogP) is 3.04. The number of methoxy groups -OCH3 is 1. The van der Waals surface area contributed by atoms with Gasteiger partial charge in [-0.15, -0.1) is 10.2 Å². The number of carbonyl (C=O) groups is 1. The van der Waals surface area contributed by atoms with Crippen LogP contribution in [0.2, 0.25) is 0 Å². The van der Waals surface area contributed by atoms with E-state index in [2.05, 4.69) is 10.2 Å². The van der Waals surface area contributed by atoms with Crippen molar-refractivity contribution in [2.24, 2.45) is 5.73 Å². The molecule has 0 aliphatic heterocycles. The third-order valence-electron chi connectivity index (χ3n) is 4.28. The zero-order chi connectivity index (χ0) is 19.8. The number of phenols is 1. The average molecular weight is 366 g/mol. The highest BCUT2D eigenvalue weighted by atomic mass is 16.5. The van der Waals surface area contributed by atoms with Crippen LogP contribution >= 0.6 is 0 Å². The summed E-state index contributed by atoms with van der Waals surface area (Å²) in [6.07, 6.45) is 0. The highest BCUT2D eigenvalue weighted by Crippen LogP contribution is 2.34. The third kappa shape index (κ3) is 3.48. The Morgan fingerprint density at radius 1 is 1.11 bits per heavy atom. The molecule has 27 heavy (non-hydrogen) atoms. The van der Waals surface area contributed by atoms with Crippen LogP contribution in [0, 0.1) is 0 Å². The minimum absolute atomic E-state index is 0.0283. The van der Waals surface area contributed by atoms with Gasteiger partial charge in [-0.05, 0) is 53.4 Å². The van der Waals surface area contributed by atoms with E-state index in [9.17, 15) is 9.90 Å². The summed E-state index contributed by atoms with van der Waals surface area (Å²) in [5, 5.41) is 18.4. The van der Waals surface area contributed by atoms with Crippen LogP contribution in [-0.4, -0.2) is 32.9 Å². The molecule has 0 fully saturated rings. The molecule has 0 atom stereocenters. The second-order valence-corrected chi connectivity index (χ2v) is 7.23. The minimum atomic E-state index is -0.681. The summed E-state index contributed by atoms with van der Waals surface area (Å²) in [6, 6.07) is 12.4. The lowest BCUT2D eigenvalue weighted by atomic mass is 9.85. The number of benzene rings is 2. The first kappa shape index (κ1) is 18.4. The number of amides is 1. The molecule has 0 spiro atoms. The van der Waals surface area contributed by atoms with Crippen molar-refractivity contribution in [2.45, 2.75) is 26.2 Å². The lowest BCUT2D eigenvalue weighted by Gasteiger charge is -2.21. The summed E-state index contributed by atoms with van der Waals surface area (Å²) in [7, 11) is 1.58. The van der Waals surface area contributed by atoms with Crippen molar-refractivity contribution >= 4 is 5.91 Å². The van der Waals surface area contributed by atoms with E-state index in [0.717, 1.165) is 5.56 Å². The molecule has 1 amide bonds. The Labute approximate surface area is 157 Å². The molecule has 0 radical (unpaired) electrons. The number of ether oxygens (including phenoxy) is 1. The minimum Gasteiger partial charge on any atom is -0.508 e. The van der Waals surface area contributed by atoms with Gasteiger partial charge in [0.15, 0.2) is 5.82 Å². The number of aromatic hydroxyl groups is 1. The molecule has 0 aliphatic carbocycles. The molecular formula is C20H22N4O3. The molecule has 1 heterocycles. The fraction of sp³-hybridized carbons (Fsp3) is 0.250. The number of rotatable bonds is 4. The fourth-order valence-electron chi connectivity index (χ4n) is 2.88. The van der Waals surface area contributed by atoms with Gasteiger partial charge >= 0.3 is 0 Å². The molecule has 0 saturated heterocycles. The van der Waals surface area contributed by atoms with Crippen LogP contribution in [0.4, 0.5) is 0 Å². The molecular weight excluding hydrogens is 344 g/mol. The van der Waals surface area contributed by atoms with Crippen molar-refractivity contribution in [2.75, 3.05) is 7.11 Å². The lowest BCUT2D eigenvalue weighted by Crippen LogP contribution is -2.18. The van der Waals surface area contributed by atoms with Crippen LogP contribution in [0.1, 0.15) is 37.0 Å². The van der Waals surface area contributed by atoms with Crippen molar-refractivity contribution < 1.29 is 14.6 Å². The van der Waals surface area contributed by atoms with E-state index >= 15 is 0 Å². The topological polar surface area (TPSA) is 103 Å². The van der Waals surface area contributed by atoms with E-state index in [1.165, 1.54) is 0 Å². The predicted molar refractivity (Wildman–Crippen MR) is 102 cm³/mol. The van der Waals surface area contributed by atoms with Crippen molar-refractivity contribution in [1.82, 2.24) is 14.8 Å². The van der Waals surface area contributed by atoms with Crippen LogP contribution in [0.3, 0.4) is 0 Å². The maximum atomic E-state index is 11.9. The summed E-state index contributed by atoms with van der Waals surface area (Å²) in [6.45, 7) is 6.03. The summed E-state index contributed by atoms with van der Waals surface area (Å²) < 4.78 is 6.78. The molecule has 0 aliphatic rings. The number of phenolic OH excluding ortho intramolecular Hbond substituents is 1. The molecule has 3 rings (SSSR count). The number of carbonyl (C=O) groups excluding carboxylic acids is 1. The molecule has 3 N–H and O–H groups in total. The molecule has 2 aromatic carbocycles. The number of hydrogen-bond acceptors (Lipinski definition) is 5. The largest absolute Gasteiger partial charge is 0.508 e. The summed E-state index contributed by atoms with van der Waals surface area (Å²) >= 11 is 0. The van der Waals surface area contributed by atoms with Crippen molar-refractivity contribution in [3.05, 3.63) is 53.9 Å². The van der Waals surface area contributed by atoms with Gasteiger partial charge in [0.1, 0.15) is 11.5 Å². The molecule has 7 nitrogen and oxygen atoms in total. The van der Waals surface area contributed by atoms with E-state index in [-0.39, 0.29) is 17.0 Å². The van der Waals surface area contributed by atoms with Gasteiger partial charge in [-0.3, -0.25) is 9.36 Å². The number of aromatic nitrogens is 3. The fourth-order valence-corrected chi connectivity index (χ4v) is 2.88. The monoisotopic (exact) mass is 366 g/mol. The quantitative estimate of drug-likeness (QED) is 0.739. The van der Waals surface area contributed by atoms with E-state index in [4.69, 9.17) is 10.5 Å².